The molecule has 4 nitrogen and oxygen atoms in total. The van der Waals surface area contributed by atoms with Crippen LogP contribution in [0.25, 0.3) is 0 Å². The van der Waals surface area contributed by atoms with E-state index >= 15 is 0 Å². The molecular weight excluding hydrogens is 300 g/mol. The van der Waals surface area contributed by atoms with E-state index in [9.17, 15) is 0 Å². The highest BCUT2D eigenvalue weighted by Gasteiger charge is 2.20. The number of nitrogens with zero attached hydrogens (tertiary/aromatic N) is 1. The van der Waals surface area contributed by atoms with Gasteiger partial charge in [0.15, 0.2) is 0 Å². The van der Waals surface area contributed by atoms with E-state index in [1.807, 2.05) is 12.1 Å². The van der Waals surface area contributed by atoms with Crippen LogP contribution in [0, 0.1) is 0 Å². The van der Waals surface area contributed by atoms with Gasteiger partial charge in [-0.15, -0.1) is 0 Å². The normalized spacial score (nSPS) is 18.9. The molecule has 0 unspecified atom stereocenters. The lowest BCUT2D eigenvalue weighted by atomic mass is 10.0. The van der Waals surface area contributed by atoms with E-state index in [1.165, 1.54) is 24.1 Å². The summed E-state index contributed by atoms with van der Waals surface area (Å²) in [5, 5.41) is 12.8. The van der Waals surface area contributed by atoms with E-state index in [0.29, 0.717) is 17.7 Å². The fourth-order valence-corrected chi connectivity index (χ4v) is 3.33. The number of rotatable bonds is 6. The summed E-state index contributed by atoms with van der Waals surface area (Å²) in [6, 6.07) is 13.1. The van der Waals surface area contributed by atoms with E-state index in [-0.39, 0.29) is 6.61 Å². The molecule has 1 aromatic heterocycles. The van der Waals surface area contributed by atoms with Crippen molar-refractivity contribution in [1.82, 2.24) is 4.90 Å². The Morgan fingerprint density at radius 1 is 1.17 bits per heavy atom. The maximum Gasteiger partial charge on any atom is 0.129 e. The fourth-order valence-electron chi connectivity index (χ4n) is 3.33. The second kappa shape index (κ2) is 7.86. The monoisotopic (exact) mass is 328 g/mol. The molecule has 1 aliphatic rings. The standard InChI is InChI=1S/C20H28N2O2/c1-15(2)16-5-7-17(8-6-16)21-18-4-3-11-22(12-18)13-19-9-10-20(14-23)24-19/h5-10,15,18,21,23H,3-4,11-14H2,1-2H3/t18-/m0/s1. The number of hydrogen-bond donors (Lipinski definition) is 2. The second-order valence-corrected chi connectivity index (χ2v) is 7.02. The number of likely N-dealkylation sites (tertiary alicyclic amines) is 1. The van der Waals surface area contributed by atoms with Gasteiger partial charge >= 0.3 is 0 Å². The molecule has 1 atom stereocenters. The zero-order chi connectivity index (χ0) is 16.9. The van der Waals surface area contributed by atoms with Crippen molar-refractivity contribution in [3.8, 4) is 0 Å². The van der Waals surface area contributed by atoms with Crippen molar-refractivity contribution < 1.29 is 9.52 Å². The Labute approximate surface area is 144 Å². The lowest BCUT2D eigenvalue weighted by Crippen LogP contribution is -2.41. The smallest absolute Gasteiger partial charge is 0.129 e. The van der Waals surface area contributed by atoms with Crippen molar-refractivity contribution in [3.05, 3.63) is 53.5 Å². The first-order valence-corrected chi connectivity index (χ1v) is 8.91. The van der Waals surface area contributed by atoms with Crippen molar-refractivity contribution >= 4 is 5.69 Å². The molecule has 2 aromatic rings. The molecule has 2 N–H and O–H groups in total. The molecule has 0 amide bonds. The highest BCUT2D eigenvalue weighted by molar-refractivity contribution is 5.46. The third kappa shape index (κ3) is 4.40. The van der Waals surface area contributed by atoms with Crippen molar-refractivity contribution in [2.45, 2.75) is 51.8 Å². The first-order valence-electron chi connectivity index (χ1n) is 8.91. The summed E-state index contributed by atoms with van der Waals surface area (Å²) < 4.78 is 5.61. The molecule has 0 bridgehead atoms. The van der Waals surface area contributed by atoms with E-state index in [1.54, 1.807) is 0 Å². The lowest BCUT2D eigenvalue weighted by Gasteiger charge is -2.33. The minimum Gasteiger partial charge on any atom is -0.462 e. The number of aliphatic hydroxyl groups is 1. The van der Waals surface area contributed by atoms with Gasteiger partial charge in [0, 0.05) is 18.3 Å². The first kappa shape index (κ1) is 17.1. The summed E-state index contributed by atoms with van der Waals surface area (Å²) in [5.41, 5.74) is 2.58. The molecule has 130 valence electrons. The van der Waals surface area contributed by atoms with Gasteiger partial charge in [-0.05, 0) is 55.1 Å². The maximum absolute atomic E-state index is 9.10. The summed E-state index contributed by atoms with van der Waals surface area (Å²) in [7, 11) is 0. The van der Waals surface area contributed by atoms with Crippen LogP contribution in [0.1, 0.15) is 49.7 Å². The Hall–Kier alpha value is -1.78. The summed E-state index contributed by atoms with van der Waals surface area (Å²) in [6.45, 7) is 7.33. The highest BCUT2D eigenvalue weighted by atomic mass is 16.4. The summed E-state index contributed by atoms with van der Waals surface area (Å²) in [6.07, 6.45) is 2.39. The molecule has 1 saturated heterocycles. The van der Waals surface area contributed by atoms with Crippen LogP contribution in [-0.4, -0.2) is 29.1 Å². The number of hydrogen-bond acceptors (Lipinski definition) is 4. The average molecular weight is 328 g/mol. The maximum atomic E-state index is 9.10. The van der Waals surface area contributed by atoms with Gasteiger partial charge in [0.1, 0.15) is 18.1 Å². The molecule has 1 aromatic carbocycles. The van der Waals surface area contributed by atoms with Gasteiger partial charge in [-0.2, -0.15) is 0 Å². The number of furan rings is 1. The van der Waals surface area contributed by atoms with Crippen molar-refractivity contribution in [1.29, 1.82) is 0 Å². The van der Waals surface area contributed by atoms with Gasteiger partial charge < -0.3 is 14.8 Å². The van der Waals surface area contributed by atoms with Crippen LogP contribution < -0.4 is 5.32 Å². The number of benzene rings is 1. The highest BCUT2D eigenvalue weighted by Crippen LogP contribution is 2.21. The van der Waals surface area contributed by atoms with E-state index in [4.69, 9.17) is 9.52 Å². The minimum atomic E-state index is -0.0312. The quantitative estimate of drug-likeness (QED) is 0.842. The van der Waals surface area contributed by atoms with E-state index < -0.39 is 0 Å². The Bertz CT molecular complexity index is 633. The molecule has 0 radical (unpaired) electrons. The van der Waals surface area contributed by atoms with Crippen molar-refractivity contribution in [2.75, 3.05) is 18.4 Å². The molecule has 4 heteroatoms. The van der Waals surface area contributed by atoms with Gasteiger partial charge in [-0.1, -0.05) is 26.0 Å². The largest absolute Gasteiger partial charge is 0.462 e. The molecule has 0 aliphatic carbocycles. The van der Waals surface area contributed by atoms with E-state index in [0.717, 1.165) is 25.4 Å². The topological polar surface area (TPSA) is 48.6 Å². The molecule has 2 heterocycles. The van der Waals surface area contributed by atoms with Crippen LogP contribution in [0.2, 0.25) is 0 Å². The Morgan fingerprint density at radius 3 is 2.58 bits per heavy atom. The molecule has 3 rings (SSSR count). The summed E-state index contributed by atoms with van der Waals surface area (Å²) >= 11 is 0. The van der Waals surface area contributed by atoms with Crippen LogP contribution in [-0.2, 0) is 13.2 Å². The Balaban J connectivity index is 1.55. The summed E-state index contributed by atoms with van der Waals surface area (Å²) in [5.74, 6) is 2.14. The van der Waals surface area contributed by atoms with Gasteiger partial charge in [-0.3, -0.25) is 4.90 Å². The predicted molar refractivity (Wildman–Crippen MR) is 97.1 cm³/mol. The zero-order valence-electron chi connectivity index (χ0n) is 14.7. The number of aliphatic hydroxyl groups excluding tert-OH is 1. The molecule has 24 heavy (non-hydrogen) atoms. The zero-order valence-corrected chi connectivity index (χ0v) is 14.7. The molecule has 1 aliphatic heterocycles. The molecule has 0 spiro atoms. The van der Waals surface area contributed by atoms with Gasteiger partial charge in [0.25, 0.3) is 0 Å². The van der Waals surface area contributed by atoms with Crippen LogP contribution in [0.3, 0.4) is 0 Å². The summed E-state index contributed by atoms with van der Waals surface area (Å²) in [4.78, 5) is 2.42. The second-order valence-electron chi connectivity index (χ2n) is 7.02. The molecule has 0 saturated carbocycles. The number of anilines is 1. The SMILES string of the molecule is CC(C)c1ccc(N[C@H]2CCCN(Cc3ccc(CO)o3)C2)cc1. The van der Waals surface area contributed by atoms with Crippen LogP contribution in [0.15, 0.2) is 40.8 Å². The predicted octanol–water partition coefficient (Wildman–Crippen LogP) is 3.97. The number of piperidine rings is 1. The van der Waals surface area contributed by atoms with Crippen molar-refractivity contribution in [3.63, 3.8) is 0 Å². The first-order chi connectivity index (χ1) is 11.6. The number of nitrogens with one attached hydrogen (secondary N) is 1. The lowest BCUT2D eigenvalue weighted by molar-refractivity contribution is 0.186. The molecular formula is C20H28N2O2. The van der Waals surface area contributed by atoms with Gasteiger partial charge in [-0.25, -0.2) is 0 Å². The fraction of sp³-hybridized carbons (Fsp3) is 0.500. The van der Waals surface area contributed by atoms with Gasteiger partial charge in [0.05, 0.1) is 6.54 Å². The minimum absolute atomic E-state index is 0.0312. The molecule has 1 fully saturated rings. The van der Waals surface area contributed by atoms with E-state index in [2.05, 4.69) is 48.3 Å². The Kier molecular flexibility index (Phi) is 5.59. The third-order valence-electron chi connectivity index (χ3n) is 4.71. The van der Waals surface area contributed by atoms with Crippen LogP contribution in [0.5, 0.6) is 0 Å². The Morgan fingerprint density at radius 2 is 1.92 bits per heavy atom. The van der Waals surface area contributed by atoms with Crippen molar-refractivity contribution in [2.24, 2.45) is 0 Å². The van der Waals surface area contributed by atoms with Gasteiger partial charge in [0.2, 0.25) is 0 Å². The van der Waals surface area contributed by atoms with Crippen LogP contribution in [0.4, 0.5) is 5.69 Å². The van der Waals surface area contributed by atoms with Crippen LogP contribution >= 0.6 is 0 Å². The average Bonchev–Trinajstić information content (AvgIpc) is 3.03. The third-order valence-corrected chi connectivity index (χ3v) is 4.71.